The van der Waals surface area contributed by atoms with Crippen molar-refractivity contribution in [3.63, 3.8) is 0 Å². The summed E-state index contributed by atoms with van der Waals surface area (Å²) in [5.74, 6) is 1.95. The van der Waals surface area contributed by atoms with Crippen LogP contribution < -0.4 is 14.4 Å². The Morgan fingerprint density at radius 2 is 2.17 bits per heavy atom. The van der Waals surface area contributed by atoms with Crippen molar-refractivity contribution in [1.82, 2.24) is 9.97 Å². The fourth-order valence-electron chi connectivity index (χ4n) is 1.87. The molecular weight excluding hydrogens is 383 g/mol. The minimum atomic E-state index is -0.0562. The predicted molar refractivity (Wildman–Crippen MR) is 89.8 cm³/mol. The number of hydrogen-bond acceptors (Lipinski definition) is 6. The van der Waals surface area contributed by atoms with Gasteiger partial charge in [0.05, 0.1) is 0 Å². The van der Waals surface area contributed by atoms with Crippen molar-refractivity contribution in [2.75, 3.05) is 25.7 Å². The Morgan fingerprint density at radius 1 is 1.35 bits per heavy atom. The van der Waals surface area contributed by atoms with E-state index in [2.05, 4.69) is 14.9 Å². The van der Waals surface area contributed by atoms with Crippen LogP contribution in [0.4, 0.5) is 11.5 Å². The molecule has 6 nitrogen and oxygen atoms in total. The van der Waals surface area contributed by atoms with E-state index >= 15 is 0 Å². The molecule has 120 valence electrons. The second-order valence-corrected chi connectivity index (χ2v) is 6.55. The van der Waals surface area contributed by atoms with Crippen LogP contribution in [0, 0.1) is 10.2 Å². The number of hydrogen-bond donors (Lipinski definition) is 0. The van der Waals surface area contributed by atoms with Crippen LogP contribution in [-0.2, 0) is 0 Å². The molecule has 23 heavy (non-hydrogen) atoms. The topological polar surface area (TPSA) is 71.3 Å². The van der Waals surface area contributed by atoms with Gasteiger partial charge in [0.25, 0.3) is 0 Å². The van der Waals surface area contributed by atoms with Crippen LogP contribution >= 0.6 is 11.6 Å². The number of anilines is 2. The second kappa shape index (κ2) is 8.58. The van der Waals surface area contributed by atoms with E-state index < -0.39 is 0 Å². The number of nitriles is 1. The summed E-state index contributed by atoms with van der Waals surface area (Å²) in [6.45, 7) is 0.483. The Labute approximate surface area is 146 Å². The van der Waals surface area contributed by atoms with Gasteiger partial charge in [0.1, 0.15) is 0 Å². The van der Waals surface area contributed by atoms with Crippen molar-refractivity contribution in [2.45, 2.75) is 5.32 Å². The summed E-state index contributed by atoms with van der Waals surface area (Å²) in [7, 11) is 3.47. The molecule has 2 rings (SSSR count). The third-order valence-electron chi connectivity index (χ3n) is 3.00. The monoisotopic (exact) mass is 398 g/mol. The zero-order valence-electron chi connectivity index (χ0n) is 12.7. The molecule has 0 spiro atoms. The van der Waals surface area contributed by atoms with Crippen molar-refractivity contribution < 1.29 is 9.47 Å². The molecule has 0 atom stereocenters. The van der Waals surface area contributed by atoms with Gasteiger partial charge in [-0.1, -0.05) is 0 Å². The van der Waals surface area contributed by atoms with Gasteiger partial charge in [-0.05, 0) is 0 Å². The molecule has 0 bridgehead atoms. The van der Waals surface area contributed by atoms with Crippen molar-refractivity contribution in [1.29, 1.82) is 5.26 Å². The predicted octanol–water partition coefficient (Wildman–Crippen LogP) is 2.89. The standard InChI is InChI=1S/C15H15ClN4O2Se/c1-20(14-5-6-18-15(16)19-14)11-3-4-12(21-2)13(9-11)22-7-8-23-10-17/h3-6,9H,7-8H2,1-2H3. The summed E-state index contributed by atoms with van der Waals surface area (Å²) in [5, 5.41) is 9.52. The molecule has 0 fully saturated rings. The molecule has 0 saturated heterocycles. The number of rotatable bonds is 7. The third kappa shape index (κ3) is 4.73. The molecule has 8 heteroatoms. The number of ether oxygens (including phenoxy) is 2. The van der Waals surface area contributed by atoms with Gasteiger partial charge in [0.15, 0.2) is 0 Å². The van der Waals surface area contributed by atoms with Crippen molar-refractivity contribution in [3.8, 4) is 16.5 Å². The molecule has 1 heterocycles. The van der Waals surface area contributed by atoms with Crippen LogP contribution in [0.25, 0.3) is 0 Å². The zero-order valence-corrected chi connectivity index (χ0v) is 15.2. The molecule has 0 amide bonds. The summed E-state index contributed by atoms with van der Waals surface area (Å²) >= 11 is 5.78. The van der Waals surface area contributed by atoms with Crippen LogP contribution in [0.3, 0.4) is 0 Å². The van der Waals surface area contributed by atoms with Gasteiger partial charge < -0.3 is 0 Å². The SMILES string of the molecule is COc1ccc(N(C)c2ccnc(Cl)n2)cc1OCC[Se]C#N. The van der Waals surface area contributed by atoms with E-state index in [1.807, 2.05) is 30.1 Å². The second-order valence-electron chi connectivity index (χ2n) is 4.37. The summed E-state index contributed by atoms with van der Waals surface area (Å²) in [6.07, 6.45) is 1.60. The Bertz CT molecular complexity index is 708. The van der Waals surface area contributed by atoms with Crippen LogP contribution in [0.2, 0.25) is 10.6 Å². The van der Waals surface area contributed by atoms with E-state index in [1.54, 1.807) is 19.4 Å². The van der Waals surface area contributed by atoms with Crippen LogP contribution in [0.5, 0.6) is 11.5 Å². The first-order valence-corrected chi connectivity index (χ1v) is 9.14. The molecule has 0 saturated carbocycles. The fourth-order valence-corrected chi connectivity index (χ4v) is 2.56. The Kier molecular flexibility index (Phi) is 6.48. The van der Waals surface area contributed by atoms with Crippen molar-refractivity contribution >= 4 is 38.1 Å². The Balaban J connectivity index is 2.20. The van der Waals surface area contributed by atoms with E-state index in [1.165, 1.54) is 0 Å². The third-order valence-corrected chi connectivity index (χ3v) is 4.23. The maximum atomic E-state index is 8.60. The fraction of sp³-hybridized carbons (Fsp3) is 0.267. The first kappa shape index (κ1) is 17.4. The Morgan fingerprint density at radius 3 is 2.87 bits per heavy atom. The first-order valence-electron chi connectivity index (χ1n) is 6.69. The van der Waals surface area contributed by atoms with E-state index in [-0.39, 0.29) is 20.2 Å². The van der Waals surface area contributed by atoms with Crippen LogP contribution in [0.15, 0.2) is 30.5 Å². The molecule has 0 unspecified atom stereocenters. The number of halogens is 1. The molecule has 0 aliphatic heterocycles. The number of methoxy groups -OCH3 is 1. The normalized spacial score (nSPS) is 10.0. The van der Waals surface area contributed by atoms with Gasteiger partial charge >= 0.3 is 146 Å². The van der Waals surface area contributed by atoms with E-state index in [4.69, 9.17) is 26.3 Å². The minimum absolute atomic E-state index is 0.0562. The molecular formula is C15H15ClN4O2Se. The van der Waals surface area contributed by atoms with Gasteiger partial charge in [-0.15, -0.1) is 0 Å². The summed E-state index contributed by atoms with van der Waals surface area (Å²) in [4.78, 5) is 12.1. The van der Waals surface area contributed by atoms with Gasteiger partial charge in [-0.2, -0.15) is 0 Å². The van der Waals surface area contributed by atoms with Gasteiger partial charge in [0.2, 0.25) is 0 Å². The van der Waals surface area contributed by atoms with Gasteiger partial charge in [-0.3, -0.25) is 0 Å². The molecule has 0 N–H and O–H groups in total. The van der Waals surface area contributed by atoms with Crippen LogP contribution in [0.1, 0.15) is 0 Å². The summed E-state index contributed by atoms with van der Waals surface area (Å²) < 4.78 is 11.0. The molecule has 0 radical (unpaired) electrons. The summed E-state index contributed by atoms with van der Waals surface area (Å²) in [5.41, 5.74) is 0.876. The Hall–Kier alpha value is -2.00. The molecule has 1 aromatic heterocycles. The number of aromatic nitrogens is 2. The van der Waals surface area contributed by atoms with Crippen molar-refractivity contribution in [3.05, 3.63) is 35.7 Å². The summed E-state index contributed by atoms with van der Waals surface area (Å²) in [6, 6.07) is 7.38. The van der Waals surface area contributed by atoms with Crippen molar-refractivity contribution in [2.24, 2.45) is 0 Å². The van der Waals surface area contributed by atoms with Gasteiger partial charge in [0, 0.05) is 0 Å². The average molecular weight is 398 g/mol. The molecule has 0 aliphatic rings. The van der Waals surface area contributed by atoms with E-state index in [9.17, 15) is 0 Å². The zero-order chi connectivity index (χ0) is 16.7. The molecule has 0 aliphatic carbocycles. The van der Waals surface area contributed by atoms with E-state index in [0.717, 1.165) is 11.0 Å². The maximum absolute atomic E-state index is 8.60. The van der Waals surface area contributed by atoms with E-state index in [0.29, 0.717) is 23.9 Å². The quantitative estimate of drug-likeness (QED) is 0.406. The average Bonchev–Trinajstić information content (AvgIpc) is 2.58. The molecule has 1 aromatic carbocycles. The van der Waals surface area contributed by atoms with Crippen LogP contribution in [-0.4, -0.2) is 45.7 Å². The van der Waals surface area contributed by atoms with Gasteiger partial charge in [-0.25, -0.2) is 0 Å². The number of nitrogens with zero attached hydrogens (tertiary/aromatic N) is 4. The first-order chi connectivity index (χ1) is 11.2. The number of benzene rings is 1. The molecule has 2 aromatic rings.